The van der Waals surface area contributed by atoms with E-state index in [1.165, 1.54) is 0 Å². The number of amides is 1. The number of nitro groups is 1. The van der Waals surface area contributed by atoms with Gasteiger partial charge in [-0.25, -0.2) is 9.69 Å². The first kappa shape index (κ1) is 23.8. The molecule has 0 unspecified atom stereocenters. The van der Waals surface area contributed by atoms with Crippen LogP contribution in [0.1, 0.15) is 11.1 Å². The van der Waals surface area contributed by atoms with Crippen molar-refractivity contribution in [3.05, 3.63) is 63.7 Å². The van der Waals surface area contributed by atoms with Gasteiger partial charge in [-0.3, -0.25) is 10.1 Å². The van der Waals surface area contributed by atoms with Crippen molar-refractivity contribution in [1.82, 2.24) is 4.90 Å². The van der Waals surface area contributed by atoms with Crippen molar-refractivity contribution in [1.29, 1.82) is 0 Å². The van der Waals surface area contributed by atoms with Crippen LogP contribution in [-0.2, 0) is 22.8 Å². The lowest BCUT2D eigenvalue weighted by Gasteiger charge is -2.17. The summed E-state index contributed by atoms with van der Waals surface area (Å²) in [6, 6.07) is 5.39. The van der Waals surface area contributed by atoms with Crippen LogP contribution in [0.4, 0.5) is 23.7 Å². The van der Waals surface area contributed by atoms with Crippen molar-refractivity contribution in [2.45, 2.75) is 17.6 Å². The lowest BCUT2D eigenvalue weighted by atomic mass is 10.1. The Hall–Kier alpha value is -3.46. The van der Waals surface area contributed by atoms with Gasteiger partial charge in [-0.2, -0.15) is 21.6 Å². The van der Waals surface area contributed by atoms with Crippen LogP contribution in [0.3, 0.4) is 0 Å². The van der Waals surface area contributed by atoms with Crippen LogP contribution in [0.25, 0.3) is 0 Å². The number of nitrogens with zero attached hydrogens (tertiary/aromatic N) is 2. The molecule has 1 amide bonds. The Kier molecular flexibility index (Phi) is 6.70. The lowest BCUT2D eigenvalue weighted by Crippen LogP contribution is -2.39. The first-order valence-corrected chi connectivity index (χ1v) is 9.73. The number of nitrogens with two attached hydrogens (primary N) is 1. The quantitative estimate of drug-likeness (QED) is 0.275. The number of hydrogen-bond acceptors (Lipinski definition) is 7. The number of benzene rings is 2. The average Bonchev–Trinajstić information content (AvgIpc) is 2.65. The molecule has 2 aromatic carbocycles. The van der Waals surface area contributed by atoms with Gasteiger partial charge in [-0.05, 0) is 42.5 Å². The summed E-state index contributed by atoms with van der Waals surface area (Å²) < 4.78 is 67.8. The third-order valence-electron chi connectivity index (χ3n) is 3.73. The van der Waals surface area contributed by atoms with Crippen LogP contribution in [0.15, 0.2) is 47.4 Å². The van der Waals surface area contributed by atoms with Gasteiger partial charge in [0.25, 0.3) is 5.69 Å². The van der Waals surface area contributed by atoms with Gasteiger partial charge >= 0.3 is 22.4 Å². The van der Waals surface area contributed by atoms with Gasteiger partial charge in [0, 0.05) is 0 Å². The van der Waals surface area contributed by atoms with Crippen molar-refractivity contribution in [3.63, 3.8) is 0 Å². The minimum Gasteiger partial charge on any atom is -0.465 e. The zero-order chi connectivity index (χ0) is 23.6. The number of thiocarbonyl (C=S) groups is 1. The van der Waals surface area contributed by atoms with Crippen LogP contribution in [0.5, 0.6) is 5.75 Å². The maximum atomic E-state index is 12.8. The number of rotatable bonds is 6. The van der Waals surface area contributed by atoms with Crippen molar-refractivity contribution >= 4 is 39.2 Å². The Bertz CT molecular complexity index is 1140. The van der Waals surface area contributed by atoms with E-state index in [2.05, 4.69) is 12.2 Å². The molecule has 0 saturated heterocycles. The summed E-state index contributed by atoms with van der Waals surface area (Å²) in [6.45, 7) is -0.609. The summed E-state index contributed by atoms with van der Waals surface area (Å²) in [7, 11) is -4.77. The third-order valence-corrected chi connectivity index (χ3v) is 5.20. The average molecular weight is 479 g/mol. The van der Waals surface area contributed by atoms with Crippen LogP contribution in [-0.4, -0.2) is 34.6 Å². The van der Waals surface area contributed by atoms with E-state index in [1.54, 1.807) is 0 Å². The second-order valence-corrected chi connectivity index (χ2v) is 7.78. The molecule has 0 radical (unpaired) electrons. The van der Waals surface area contributed by atoms with Crippen LogP contribution < -0.4 is 9.92 Å². The minimum atomic E-state index is -4.80. The molecule has 10 nitrogen and oxygen atoms in total. The molecule has 0 bridgehead atoms. The van der Waals surface area contributed by atoms with Gasteiger partial charge < -0.3 is 15.0 Å². The lowest BCUT2D eigenvalue weighted by molar-refractivity contribution is -0.385. The van der Waals surface area contributed by atoms with Gasteiger partial charge in [0.1, 0.15) is 10.6 Å². The predicted octanol–water partition coefficient (Wildman–Crippen LogP) is 3.10. The number of carbonyl (C=O) groups is 1. The predicted molar refractivity (Wildman–Crippen MR) is 103 cm³/mol. The fourth-order valence-electron chi connectivity index (χ4n) is 2.31. The molecule has 2 rings (SSSR count). The normalized spacial score (nSPS) is 11.6. The molecular weight excluding hydrogens is 467 g/mol. The first-order chi connectivity index (χ1) is 14.2. The maximum absolute atomic E-state index is 12.8. The van der Waals surface area contributed by atoms with E-state index in [-0.39, 0.29) is 5.56 Å². The highest BCUT2D eigenvalue weighted by molar-refractivity contribution is 7.87. The molecule has 0 saturated carbocycles. The summed E-state index contributed by atoms with van der Waals surface area (Å²) in [5.41, 5.74) is 3.11. The number of hydrogen-bond donors (Lipinski definition) is 2. The van der Waals surface area contributed by atoms with Gasteiger partial charge in [-0.1, -0.05) is 6.07 Å². The topological polar surface area (TPSA) is 153 Å². The van der Waals surface area contributed by atoms with E-state index in [0.717, 1.165) is 24.3 Å². The Morgan fingerprint density at radius 2 is 1.90 bits per heavy atom. The molecule has 0 heterocycles. The second-order valence-electron chi connectivity index (χ2n) is 5.82. The van der Waals surface area contributed by atoms with Crippen LogP contribution in [0.2, 0.25) is 0 Å². The Morgan fingerprint density at radius 1 is 1.26 bits per heavy atom. The Balaban J connectivity index is 2.40. The first-order valence-electron chi connectivity index (χ1n) is 7.91. The highest BCUT2D eigenvalue weighted by Crippen LogP contribution is 2.32. The van der Waals surface area contributed by atoms with E-state index >= 15 is 0 Å². The molecule has 166 valence electrons. The van der Waals surface area contributed by atoms with E-state index in [9.17, 15) is 36.5 Å². The van der Waals surface area contributed by atoms with E-state index in [0.29, 0.717) is 23.1 Å². The number of nitro benzene ring substituents is 1. The second kappa shape index (κ2) is 8.73. The fraction of sp³-hybridized carbons (Fsp3) is 0.125. The van der Waals surface area contributed by atoms with E-state index in [1.807, 2.05) is 0 Å². The molecule has 0 spiro atoms. The maximum Gasteiger partial charge on any atom is 0.416 e. The molecule has 0 atom stereocenters. The van der Waals surface area contributed by atoms with Crippen LogP contribution in [0, 0.1) is 10.1 Å². The summed E-state index contributed by atoms with van der Waals surface area (Å²) in [4.78, 5) is 21.2. The van der Waals surface area contributed by atoms with Crippen molar-refractivity contribution in [3.8, 4) is 5.75 Å². The molecular formula is C16H12F3N3O7S2. The minimum absolute atomic E-state index is 0.191. The molecule has 0 aliphatic carbocycles. The van der Waals surface area contributed by atoms with Gasteiger partial charge in [0.15, 0.2) is 5.11 Å². The number of alkyl halides is 3. The highest BCUT2D eigenvalue weighted by Gasteiger charge is 2.32. The summed E-state index contributed by atoms with van der Waals surface area (Å²) in [5.74, 6) is -0.579. The largest absolute Gasteiger partial charge is 0.465 e. The molecule has 2 aromatic rings. The summed E-state index contributed by atoms with van der Waals surface area (Å²) in [6.07, 6.45) is -6.37. The fourth-order valence-corrected chi connectivity index (χ4v) is 3.42. The monoisotopic (exact) mass is 479 g/mol. The number of carboxylic acid groups (broad SMARTS) is 1. The molecule has 0 aliphatic rings. The van der Waals surface area contributed by atoms with Gasteiger partial charge in [0.2, 0.25) is 0 Å². The van der Waals surface area contributed by atoms with Crippen LogP contribution >= 0.6 is 12.2 Å². The van der Waals surface area contributed by atoms with Gasteiger partial charge in [0.05, 0.1) is 28.7 Å². The van der Waals surface area contributed by atoms with Crippen molar-refractivity contribution < 1.29 is 40.6 Å². The third kappa shape index (κ3) is 5.79. The standard InChI is InChI=1S/C16H12F3N3O7S2/c17-16(18,19)10-2-1-3-12(6-10)31(27,28)29-11-5-4-9(13(7-11)22(25)26)8-21(14(20)30)15(23)24/h1-7H,8H2,(H2,20,30)(H,23,24). The molecule has 15 heteroatoms. The Morgan fingerprint density at radius 3 is 2.42 bits per heavy atom. The molecule has 3 N–H and O–H groups in total. The molecule has 0 fully saturated rings. The summed E-state index contributed by atoms with van der Waals surface area (Å²) >= 11 is 4.56. The molecule has 31 heavy (non-hydrogen) atoms. The molecule has 0 aliphatic heterocycles. The number of halogens is 3. The smallest absolute Gasteiger partial charge is 0.416 e. The van der Waals surface area contributed by atoms with E-state index in [4.69, 9.17) is 15.0 Å². The highest BCUT2D eigenvalue weighted by atomic mass is 32.2. The Labute approximate surface area is 177 Å². The van der Waals surface area contributed by atoms with E-state index < -0.39 is 60.9 Å². The van der Waals surface area contributed by atoms with Crippen molar-refractivity contribution in [2.24, 2.45) is 5.73 Å². The zero-order valence-corrected chi connectivity index (χ0v) is 16.7. The van der Waals surface area contributed by atoms with Crippen molar-refractivity contribution in [2.75, 3.05) is 0 Å². The van der Waals surface area contributed by atoms with Gasteiger partial charge in [-0.15, -0.1) is 0 Å². The zero-order valence-electron chi connectivity index (χ0n) is 15.1. The summed E-state index contributed by atoms with van der Waals surface area (Å²) in [5, 5.41) is 19.8. The SMILES string of the molecule is NC(=S)N(Cc1ccc(OS(=O)(=O)c2cccc(C(F)(F)F)c2)cc1[N+](=O)[O-])C(=O)O. The molecule has 0 aromatic heterocycles.